The van der Waals surface area contributed by atoms with Crippen molar-refractivity contribution in [1.29, 1.82) is 0 Å². The lowest BCUT2D eigenvalue weighted by atomic mass is 9.80. The van der Waals surface area contributed by atoms with E-state index in [0.717, 1.165) is 12.5 Å². The first-order valence-corrected chi connectivity index (χ1v) is 7.74. The monoisotopic (exact) mass is 254 g/mol. The van der Waals surface area contributed by atoms with Crippen LogP contribution in [-0.2, 0) is 0 Å². The van der Waals surface area contributed by atoms with E-state index in [4.69, 9.17) is 0 Å². The van der Waals surface area contributed by atoms with Crippen molar-refractivity contribution >= 4 is 0 Å². The average Bonchev–Trinajstić information content (AvgIpc) is 2.76. The Morgan fingerprint density at radius 1 is 1.17 bits per heavy atom. The zero-order valence-corrected chi connectivity index (χ0v) is 13.5. The molecular formula is C16H34N2. The van der Waals surface area contributed by atoms with Crippen molar-refractivity contribution in [2.75, 3.05) is 33.2 Å². The maximum absolute atomic E-state index is 3.40. The third-order valence-corrected chi connectivity index (χ3v) is 5.11. The van der Waals surface area contributed by atoms with Gasteiger partial charge in [-0.1, -0.05) is 34.6 Å². The third-order valence-electron chi connectivity index (χ3n) is 5.11. The Morgan fingerprint density at radius 2 is 1.78 bits per heavy atom. The van der Waals surface area contributed by atoms with E-state index >= 15 is 0 Å². The van der Waals surface area contributed by atoms with Crippen molar-refractivity contribution < 1.29 is 0 Å². The number of nitrogens with one attached hydrogen (secondary N) is 1. The standard InChI is InChI=1S/C16H34N2/c1-7-16(8-2,12-17-6)13-18-10-9-14(11-18)15(3,4)5/h14,17H,7-13H2,1-6H3. The summed E-state index contributed by atoms with van der Waals surface area (Å²) in [5, 5.41) is 3.40. The molecule has 0 radical (unpaired) electrons. The van der Waals surface area contributed by atoms with Gasteiger partial charge in [0.05, 0.1) is 0 Å². The average molecular weight is 254 g/mol. The van der Waals surface area contributed by atoms with Gasteiger partial charge in [0.2, 0.25) is 0 Å². The summed E-state index contributed by atoms with van der Waals surface area (Å²) < 4.78 is 0. The summed E-state index contributed by atoms with van der Waals surface area (Å²) in [6.45, 7) is 16.9. The molecule has 1 aliphatic rings. The van der Waals surface area contributed by atoms with Gasteiger partial charge >= 0.3 is 0 Å². The molecule has 2 nitrogen and oxygen atoms in total. The lowest BCUT2D eigenvalue weighted by Gasteiger charge is -2.36. The summed E-state index contributed by atoms with van der Waals surface area (Å²) in [6, 6.07) is 0. The van der Waals surface area contributed by atoms with Gasteiger partial charge in [-0.05, 0) is 49.6 Å². The Balaban J connectivity index is 2.57. The zero-order valence-electron chi connectivity index (χ0n) is 13.5. The Morgan fingerprint density at radius 3 is 2.17 bits per heavy atom. The van der Waals surface area contributed by atoms with Crippen molar-refractivity contribution in [3.05, 3.63) is 0 Å². The summed E-state index contributed by atoms with van der Waals surface area (Å²) in [5.41, 5.74) is 0.945. The van der Waals surface area contributed by atoms with Crippen LogP contribution in [0.25, 0.3) is 0 Å². The summed E-state index contributed by atoms with van der Waals surface area (Å²) in [4.78, 5) is 2.71. The van der Waals surface area contributed by atoms with Crippen LogP contribution >= 0.6 is 0 Å². The van der Waals surface area contributed by atoms with Crippen LogP contribution in [0.15, 0.2) is 0 Å². The summed E-state index contributed by atoms with van der Waals surface area (Å²) in [7, 11) is 2.09. The van der Waals surface area contributed by atoms with Gasteiger partial charge in [-0.15, -0.1) is 0 Å². The van der Waals surface area contributed by atoms with Gasteiger partial charge < -0.3 is 10.2 Å². The summed E-state index contributed by atoms with van der Waals surface area (Å²) in [6.07, 6.45) is 3.94. The van der Waals surface area contributed by atoms with Crippen LogP contribution in [0.5, 0.6) is 0 Å². The molecular weight excluding hydrogens is 220 g/mol. The van der Waals surface area contributed by atoms with E-state index in [2.05, 4.69) is 51.9 Å². The first kappa shape index (κ1) is 16.0. The van der Waals surface area contributed by atoms with Crippen LogP contribution in [0.4, 0.5) is 0 Å². The molecule has 18 heavy (non-hydrogen) atoms. The van der Waals surface area contributed by atoms with Crippen molar-refractivity contribution in [3.8, 4) is 0 Å². The van der Waals surface area contributed by atoms with Gasteiger partial charge in [0.15, 0.2) is 0 Å². The Labute approximate surface area is 115 Å². The summed E-state index contributed by atoms with van der Waals surface area (Å²) >= 11 is 0. The lowest BCUT2D eigenvalue weighted by Crippen LogP contribution is -2.42. The quantitative estimate of drug-likeness (QED) is 0.782. The normalized spacial score (nSPS) is 22.7. The highest BCUT2D eigenvalue weighted by Crippen LogP contribution is 2.36. The highest BCUT2D eigenvalue weighted by Gasteiger charge is 2.35. The molecule has 1 N–H and O–H groups in total. The molecule has 2 heteroatoms. The lowest BCUT2D eigenvalue weighted by molar-refractivity contribution is 0.143. The molecule has 0 bridgehead atoms. The molecule has 0 aromatic carbocycles. The molecule has 1 fully saturated rings. The second kappa shape index (κ2) is 6.38. The molecule has 1 rings (SSSR count). The zero-order chi connectivity index (χ0) is 13.8. The van der Waals surface area contributed by atoms with E-state index in [1.807, 2.05) is 0 Å². The molecule has 1 heterocycles. The Kier molecular flexibility index (Phi) is 5.67. The van der Waals surface area contributed by atoms with Crippen LogP contribution in [0.3, 0.4) is 0 Å². The highest BCUT2D eigenvalue weighted by atomic mass is 15.2. The largest absolute Gasteiger partial charge is 0.319 e. The van der Waals surface area contributed by atoms with E-state index in [-0.39, 0.29) is 0 Å². The van der Waals surface area contributed by atoms with Crippen molar-refractivity contribution in [2.24, 2.45) is 16.7 Å². The topological polar surface area (TPSA) is 15.3 Å². The van der Waals surface area contributed by atoms with Gasteiger partial charge in [-0.25, -0.2) is 0 Å². The minimum Gasteiger partial charge on any atom is -0.319 e. The number of rotatable bonds is 6. The van der Waals surface area contributed by atoms with E-state index in [1.54, 1.807) is 0 Å². The molecule has 0 spiro atoms. The van der Waals surface area contributed by atoms with Crippen LogP contribution < -0.4 is 5.32 Å². The Bertz CT molecular complexity index is 238. The molecule has 1 saturated heterocycles. The SMILES string of the molecule is CCC(CC)(CNC)CN1CCC(C(C)(C)C)C1. The molecule has 0 aromatic rings. The van der Waals surface area contributed by atoms with Crippen molar-refractivity contribution in [1.82, 2.24) is 10.2 Å². The van der Waals surface area contributed by atoms with Crippen LogP contribution in [0.1, 0.15) is 53.9 Å². The number of hydrogen-bond donors (Lipinski definition) is 1. The molecule has 0 aromatic heterocycles. The van der Waals surface area contributed by atoms with Gasteiger partial charge in [0.1, 0.15) is 0 Å². The van der Waals surface area contributed by atoms with E-state index < -0.39 is 0 Å². The van der Waals surface area contributed by atoms with Crippen molar-refractivity contribution in [2.45, 2.75) is 53.9 Å². The molecule has 0 aliphatic carbocycles. The fraction of sp³-hybridized carbons (Fsp3) is 1.00. The first-order valence-electron chi connectivity index (χ1n) is 7.74. The fourth-order valence-electron chi connectivity index (χ4n) is 3.31. The number of likely N-dealkylation sites (tertiary alicyclic amines) is 1. The van der Waals surface area contributed by atoms with Crippen molar-refractivity contribution in [3.63, 3.8) is 0 Å². The van der Waals surface area contributed by atoms with Gasteiger partial charge in [-0.2, -0.15) is 0 Å². The van der Waals surface area contributed by atoms with Gasteiger partial charge in [0, 0.05) is 19.6 Å². The maximum Gasteiger partial charge on any atom is 0.00501 e. The Hall–Kier alpha value is -0.0800. The van der Waals surface area contributed by atoms with E-state index in [1.165, 1.54) is 38.9 Å². The van der Waals surface area contributed by atoms with Gasteiger partial charge in [-0.3, -0.25) is 0 Å². The maximum atomic E-state index is 3.40. The molecule has 1 atom stereocenters. The molecule has 1 aliphatic heterocycles. The van der Waals surface area contributed by atoms with Crippen LogP contribution in [0.2, 0.25) is 0 Å². The van der Waals surface area contributed by atoms with E-state index in [0.29, 0.717) is 10.8 Å². The second-order valence-corrected chi connectivity index (χ2v) is 7.32. The molecule has 1 unspecified atom stereocenters. The van der Waals surface area contributed by atoms with Crippen LogP contribution in [0, 0.1) is 16.7 Å². The first-order chi connectivity index (χ1) is 8.37. The minimum atomic E-state index is 0.471. The molecule has 0 saturated carbocycles. The molecule has 0 amide bonds. The van der Waals surface area contributed by atoms with E-state index in [9.17, 15) is 0 Å². The molecule has 108 valence electrons. The predicted octanol–water partition coefficient (Wildman–Crippen LogP) is 3.38. The minimum absolute atomic E-state index is 0.471. The van der Waals surface area contributed by atoms with Gasteiger partial charge in [0.25, 0.3) is 0 Å². The van der Waals surface area contributed by atoms with Crippen LogP contribution in [-0.4, -0.2) is 38.1 Å². The third kappa shape index (κ3) is 3.96. The number of nitrogens with zero attached hydrogens (tertiary/aromatic N) is 1. The smallest absolute Gasteiger partial charge is 0.00501 e. The predicted molar refractivity (Wildman–Crippen MR) is 80.9 cm³/mol. The fourth-order valence-corrected chi connectivity index (χ4v) is 3.31. The highest BCUT2D eigenvalue weighted by molar-refractivity contribution is 4.89. The second-order valence-electron chi connectivity index (χ2n) is 7.32. The summed E-state index contributed by atoms with van der Waals surface area (Å²) in [5.74, 6) is 0.874. The number of hydrogen-bond acceptors (Lipinski definition) is 2.